The summed E-state index contributed by atoms with van der Waals surface area (Å²) in [6.45, 7) is 0. The Hall–Kier alpha value is -2.35. The van der Waals surface area contributed by atoms with Crippen LogP contribution >= 0.6 is 0 Å². The zero-order valence-electron chi connectivity index (χ0n) is 8.04. The Balaban J connectivity index is 3.25. The maximum Gasteiger partial charge on any atom is 0.392 e. The Morgan fingerprint density at radius 2 is 2.07 bits per heavy atom. The third-order valence-electron chi connectivity index (χ3n) is 1.79. The molecule has 0 bridgehead atoms. The molecule has 0 aliphatic carbocycles. The maximum atomic E-state index is 11.3. The number of nitrogens with zero attached hydrogens (tertiary/aromatic N) is 2. The fourth-order valence-electron chi connectivity index (χ4n) is 1.12. The summed E-state index contributed by atoms with van der Waals surface area (Å²) < 4.78 is 4.53. The van der Waals surface area contributed by atoms with Gasteiger partial charge in [0.2, 0.25) is 11.2 Å². The summed E-state index contributed by atoms with van der Waals surface area (Å²) in [6.07, 6.45) is 0.835. The average molecular weight is 205 g/mol. The van der Waals surface area contributed by atoms with E-state index in [1.165, 1.54) is 19.2 Å². The van der Waals surface area contributed by atoms with Crippen molar-refractivity contribution in [3.05, 3.63) is 46.6 Å². The molecule has 0 unspecified atom stereocenters. The van der Waals surface area contributed by atoms with Gasteiger partial charge in [0.05, 0.1) is 12.7 Å². The summed E-state index contributed by atoms with van der Waals surface area (Å²) in [6, 6.07) is 6.30. The minimum atomic E-state index is -0.566. The number of carbonyl (C=O) groups is 1. The number of carbonyl (C=O) groups excluding carboxylic acids is 1. The van der Waals surface area contributed by atoms with Gasteiger partial charge in [-0.2, -0.15) is 0 Å². The van der Waals surface area contributed by atoms with Gasteiger partial charge >= 0.3 is 12.2 Å². The summed E-state index contributed by atoms with van der Waals surface area (Å²) in [5.41, 5.74) is 0.458. The van der Waals surface area contributed by atoms with Gasteiger partial charge in [0.1, 0.15) is 0 Å². The molecule has 0 saturated carbocycles. The molecule has 1 aromatic rings. The van der Waals surface area contributed by atoms with E-state index in [0.29, 0.717) is 0 Å². The molecule has 1 aromatic carbocycles. The first-order chi connectivity index (χ1) is 7.20. The molecule has 0 amide bonds. The van der Waals surface area contributed by atoms with Crippen LogP contribution in [0.15, 0.2) is 30.5 Å². The molecule has 0 aliphatic rings. The van der Waals surface area contributed by atoms with Crippen LogP contribution in [0.1, 0.15) is 15.9 Å². The predicted molar refractivity (Wildman–Crippen MR) is 53.5 cm³/mol. The number of diazo groups is 1. The van der Waals surface area contributed by atoms with Crippen molar-refractivity contribution in [1.29, 1.82) is 5.39 Å². The Morgan fingerprint density at radius 3 is 2.60 bits per heavy atom. The van der Waals surface area contributed by atoms with Gasteiger partial charge in [0, 0.05) is 5.56 Å². The molecule has 1 rings (SSSR count). The van der Waals surface area contributed by atoms with E-state index in [0.717, 1.165) is 6.20 Å². The van der Waals surface area contributed by atoms with Crippen molar-refractivity contribution in [3.63, 3.8) is 0 Å². The number of hydrogen-bond acceptors (Lipinski definition) is 4. The summed E-state index contributed by atoms with van der Waals surface area (Å²) in [4.78, 5) is 14.0. The first kappa shape index (κ1) is 10.7. The summed E-state index contributed by atoms with van der Waals surface area (Å²) in [7, 11) is 1.25. The lowest BCUT2D eigenvalue weighted by molar-refractivity contribution is 0.0600. The first-order valence-corrected chi connectivity index (χ1v) is 4.11. The largest absolute Gasteiger partial charge is 0.501 e. The highest BCUT2D eigenvalue weighted by Gasteiger charge is 2.15. The number of ether oxygens (including phenoxy) is 1. The highest BCUT2D eigenvalue weighted by atomic mass is 16.5. The molecular formula is C10H9N2O3+. The number of rotatable bonds is 2. The number of hydrogen-bond donors (Lipinski definition) is 1. The lowest BCUT2D eigenvalue weighted by atomic mass is 10.1. The SMILES string of the molecule is COC(=O)c1ccccc1C(O)=C[N+]#N. The second kappa shape index (κ2) is 4.77. The van der Waals surface area contributed by atoms with Gasteiger partial charge in [-0.05, 0) is 6.07 Å². The van der Waals surface area contributed by atoms with Crippen molar-refractivity contribution in [1.82, 2.24) is 0 Å². The van der Waals surface area contributed by atoms with Crippen LogP contribution in [0, 0.1) is 5.39 Å². The lowest BCUT2D eigenvalue weighted by Gasteiger charge is -2.03. The monoisotopic (exact) mass is 205 g/mol. The smallest absolute Gasteiger partial charge is 0.392 e. The molecule has 5 heteroatoms. The van der Waals surface area contributed by atoms with E-state index in [1.807, 2.05) is 0 Å². The van der Waals surface area contributed by atoms with Crippen LogP contribution in [0.2, 0.25) is 0 Å². The van der Waals surface area contributed by atoms with Gasteiger partial charge in [-0.1, -0.05) is 18.2 Å². The van der Waals surface area contributed by atoms with Crippen LogP contribution in [-0.2, 0) is 4.74 Å². The molecule has 0 radical (unpaired) electrons. The molecule has 15 heavy (non-hydrogen) atoms. The zero-order valence-corrected chi connectivity index (χ0v) is 8.04. The molecule has 5 nitrogen and oxygen atoms in total. The normalized spacial score (nSPS) is 10.5. The highest BCUT2D eigenvalue weighted by molar-refractivity contribution is 5.94. The Kier molecular flexibility index (Phi) is 3.41. The molecule has 0 spiro atoms. The highest BCUT2D eigenvalue weighted by Crippen LogP contribution is 2.17. The number of aliphatic hydroxyl groups is 1. The van der Waals surface area contributed by atoms with Crippen molar-refractivity contribution in [2.75, 3.05) is 7.11 Å². The molecular weight excluding hydrogens is 196 g/mol. The number of aliphatic hydroxyl groups excluding tert-OH is 1. The molecule has 0 atom stereocenters. The van der Waals surface area contributed by atoms with Crippen LogP contribution in [0.4, 0.5) is 0 Å². The van der Waals surface area contributed by atoms with Crippen LogP contribution in [0.25, 0.3) is 10.7 Å². The lowest BCUT2D eigenvalue weighted by Crippen LogP contribution is -2.04. The summed E-state index contributed by atoms with van der Waals surface area (Å²) in [5.74, 6) is -0.873. The van der Waals surface area contributed by atoms with Crippen molar-refractivity contribution in [2.24, 2.45) is 0 Å². The van der Waals surface area contributed by atoms with Gasteiger partial charge in [-0.3, -0.25) is 0 Å². The van der Waals surface area contributed by atoms with E-state index >= 15 is 0 Å². The van der Waals surface area contributed by atoms with Crippen LogP contribution < -0.4 is 0 Å². The van der Waals surface area contributed by atoms with Gasteiger partial charge < -0.3 is 9.84 Å². The quantitative estimate of drug-likeness (QED) is 0.456. The average Bonchev–Trinajstić information content (AvgIpc) is 2.28. The van der Waals surface area contributed by atoms with Gasteiger partial charge in [-0.15, -0.1) is 0 Å². The van der Waals surface area contributed by atoms with E-state index in [4.69, 9.17) is 5.39 Å². The number of esters is 1. The van der Waals surface area contributed by atoms with E-state index in [-0.39, 0.29) is 16.9 Å². The second-order valence-electron chi connectivity index (χ2n) is 2.67. The Labute approximate surface area is 86.2 Å². The third kappa shape index (κ3) is 2.31. The molecule has 76 valence electrons. The van der Waals surface area contributed by atoms with Gasteiger partial charge in [0.25, 0.3) is 0 Å². The van der Waals surface area contributed by atoms with Crippen LogP contribution in [-0.4, -0.2) is 18.2 Å². The maximum absolute atomic E-state index is 11.3. The van der Waals surface area contributed by atoms with E-state index < -0.39 is 5.97 Å². The van der Waals surface area contributed by atoms with Gasteiger partial charge in [0.15, 0.2) is 4.98 Å². The fourth-order valence-corrected chi connectivity index (χ4v) is 1.12. The Morgan fingerprint density at radius 1 is 1.47 bits per heavy atom. The van der Waals surface area contributed by atoms with Gasteiger partial charge in [-0.25, -0.2) is 4.79 Å². The minimum Gasteiger partial charge on any atom is -0.501 e. The zero-order chi connectivity index (χ0) is 11.3. The molecule has 0 heterocycles. The summed E-state index contributed by atoms with van der Waals surface area (Å²) >= 11 is 0. The van der Waals surface area contributed by atoms with Crippen molar-refractivity contribution in [2.45, 2.75) is 0 Å². The number of benzene rings is 1. The minimum absolute atomic E-state index is 0.206. The molecule has 0 fully saturated rings. The van der Waals surface area contributed by atoms with Crippen molar-refractivity contribution < 1.29 is 14.6 Å². The van der Waals surface area contributed by atoms with E-state index in [1.54, 1.807) is 12.1 Å². The second-order valence-corrected chi connectivity index (χ2v) is 2.67. The standard InChI is InChI=1S/C10H8N2O3/c1-15-10(14)8-5-3-2-4-7(8)9(13)6-12-11/h2-6H,1H3/p+1. The first-order valence-electron chi connectivity index (χ1n) is 4.11. The van der Waals surface area contributed by atoms with Crippen molar-refractivity contribution in [3.8, 4) is 0 Å². The number of methoxy groups -OCH3 is 1. The van der Waals surface area contributed by atoms with Crippen molar-refractivity contribution >= 4 is 11.7 Å². The molecule has 0 aliphatic heterocycles. The Bertz CT molecular complexity index is 446. The summed E-state index contributed by atoms with van der Waals surface area (Å²) in [5, 5.41) is 17.7. The molecule has 0 saturated heterocycles. The van der Waals surface area contributed by atoms with E-state index in [2.05, 4.69) is 9.71 Å². The predicted octanol–water partition coefficient (Wildman–Crippen LogP) is 2.18. The third-order valence-corrected chi connectivity index (χ3v) is 1.79. The molecule has 1 N–H and O–H groups in total. The van der Waals surface area contributed by atoms with Crippen LogP contribution in [0.5, 0.6) is 0 Å². The van der Waals surface area contributed by atoms with Crippen LogP contribution in [0.3, 0.4) is 0 Å². The van der Waals surface area contributed by atoms with E-state index in [9.17, 15) is 9.90 Å². The fraction of sp³-hybridized carbons (Fsp3) is 0.100. The topological polar surface area (TPSA) is 74.7 Å². The molecule has 0 aromatic heterocycles.